The molecule has 0 spiro atoms. The van der Waals surface area contributed by atoms with E-state index in [1.165, 1.54) is 0 Å². The summed E-state index contributed by atoms with van der Waals surface area (Å²) in [6.45, 7) is 3.91. The Labute approximate surface area is 102 Å². The molecule has 5 nitrogen and oxygen atoms in total. The number of nitrogens with one attached hydrogen (secondary N) is 1. The van der Waals surface area contributed by atoms with Crippen LogP contribution in [0.5, 0.6) is 5.88 Å². The molecule has 0 saturated carbocycles. The number of methoxy groups -OCH3 is 1. The van der Waals surface area contributed by atoms with Crippen LogP contribution in [0.3, 0.4) is 0 Å². The summed E-state index contributed by atoms with van der Waals surface area (Å²) >= 11 is 0. The standard InChI is InChI=1S/C12H17N3O2/c1-6-12(2,3)17-11-7-9(13-4)14-10(15-11)8-16-5/h1,7H,8H2,2-5H3,(H,13,14,15). The summed E-state index contributed by atoms with van der Waals surface area (Å²) in [5.41, 5.74) is -0.705. The molecular weight excluding hydrogens is 218 g/mol. The van der Waals surface area contributed by atoms with Gasteiger partial charge in [-0.25, -0.2) is 4.98 Å². The minimum atomic E-state index is -0.705. The molecule has 1 aromatic rings. The van der Waals surface area contributed by atoms with Crippen LogP contribution in [0.4, 0.5) is 5.82 Å². The number of anilines is 1. The summed E-state index contributed by atoms with van der Waals surface area (Å²) in [6, 6.07) is 1.69. The van der Waals surface area contributed by atoms with Crippen molar-refractivity contribution >= 4 is 5.82 Å². The highest BCUT2D eigenvalue weighted by atomic mass is 16.5. The van der Waals surface area contributed by atoms with Crippen LogP contribution in [0.15, 0.2) is 6.07 Å². The van der Waals surface area contributed by atoms with Gasteiger partial charge >= 0.3 is 0 Å². The second-order valence-electron chi connectivity index (χ2n) is 3.95. The molecule has 0 unspecified atom stereocenters. The van der Waals surface area contributed by atoms with E-state index < -0.39 is 5.60 Å². The summed E-state index contributed by atoms with van der Waals surface area (Å²) in [6.07, 6.45) is 5.36. The van der Waals surface area contributed by atoms with Crippen LogP contribution in [-0.2, 0) is 11.3 Å². The molecule has 5 heteroatoms. The predicted molar refractivity (Wildman–Crippen MR) is 65.8 cm³/mol. The Morgan fingerprint density at radius 1 is 1.47 bits per heavy atom. The molecular formula is C12H17N3O2. The Morgan fingerprint density at radius 2 is 2.18 bits per heavy atom. The van der Waals surface area contributed by atoms with E-state index in [9.17, 15) is 0 Å². The van der Waals surface area contributed by atoms with Crippen molar-refractivity contribution in [2.45, 2.75) is 26.1 Å². The lowest BCUT2D eigenvalue weighted by Gasteiger charge is -2.19. The minimum Gasteiger partial charge on any atom is -0.458 e. The molecule has 0 amide bonds. The zero-order chi connectivity index (χ0) is 12.9. The van der Waals surface area contributed by atoms with Gasteiger partial charge in [0.1, 0.15) is 12.4 Å². The van der Waals surface area contributed by atoms with Gasteiger partial charge in [0, 0.05) is 20.2 Å². The van der Waals surface area contributed by atoms with Crippen molar-refractivity contribution in [2.24, 2.45) is 0 Å². The van der Waals surface area contributed by atoms with Crippen molar-refractivity contribution in [3.05, 3.63) is 11.9 Å². The maximum atomic E-state index is 5.60. The molecule has 0 bridgehead atoms. The third kappa shape index (κ3) is 3.93. The fourth-order valence-corrected chi connectivity index (χ4v) is 1.14. The molecule has 0 fully saturated rings. The van der Waals surface area contributed by atoms with Crippen molar-refractivity contribution in [3.63, 3.8) is 0 Å². The number of hydrogen-bond donors (Lipinski definition) is 1. The third-order valence-corrected chi connectivity index (χ3v) is 1.99. The molecule has 17 heavy (non-hydrogen) atoms. The van der Waals surface area contributed by atoms with Gasteiger partial charge in [-0.2, -0.15) is 4.98 Å². The number of terminal acetylenes is 1. The van der Waals surface area contributed by atoms with Crippen LogP contribution >= 0.6 is 0 Å². The van der Waals surface area contributed by atoms with Crippen LogP contribution < -0.4 is 10.1 Å². The first-order chi connectivity index (χ1) is 8.00. The van der Waals surface area contributed by atoms with Gasteiger partial charge in [0.15, 0.2) is 11.4 Å². The highest BCUT2D eigenvalue weighted by molar-refractivity contribution is 5.38. The summed E-state index contributed by atoms with van der Waals surface area (Å²) in [7, 11) is 3.36. The number of rotatable bonds is 5. The van der Waals surface area contributed by atoms with Gasteiger partial charge in [0.05, 0.1) is 0 Å². The van der Waals surface area contributed by atoms with Crippen LogP contribution in [0.25, 0.3) is 0 Å². The second kappa shape index (κ2) is 5.51. The average molecular weight is 235 g/mol. The van der Waals surface area contributed by atoms with Gasteiger partial charge in [-0.05, 0) is 13.8 Å². The molecule has 92 valence electrons. The van der Waals surface area contributed by atoms with Crippen LogP contribution in [-0.4, -0.2) is 29.7 Å². The number of hydrogen-bond acceptors (Lipinski definition) is 5. The van der Waals surface area contributed by atoms with E-state index in [-0.39, 0.29) is 0 Å². The number of ether oxygens (including phenoxy) is 2. The summed E-state index contributed by atoms with van der Waals surface area (Å²) in [5.74, 6) is 4.18. The van der Waals surface area contributed by atoms with E-state index in [0.717, 1.165) is 0 Å². The van der Waals surface area contributed by atoms with E-state index in [0.29, 0.717) is 24.1 Å². The summed E-state index contributed by atoms with van der Waals surface area (Å²) < 4.78 is 10.6. The Hall–Kier alpha value is -1.80. The van der Waals surface area contributed by atoms with E-state index in [4.69, 9.17) is 15.9 Å². The molecule has 0 aromatic carbocycles. The normalized spacial score (nSPS) is 10.8. The largest absolute Gasteiger partial charge is 0.458 e. The van der Waals surface area contributed by atoms with Gasteiger partial charge in [0.25, 0.3) is 0 Å². The lowest BCUT2D eigenvalue weighted by Crippen LogP contribution is -2.26. The van der Waals surface area contributed by atoms with Gasteiger partial charge in [-0.1, -0.05) is 5.92 Å². The van der Waals surface area contributed by atoms with Crippen molar-refractivity contribution in [1.82, 2.24) is 9.97 Å². The summed E-state index contributed by atoms with van der Waals surface area (Å²) in [5, 5.41) is 2.93. The molecule has 0 aliphatic carbocycles. The molecule has 0 atom stereocenters. The maximum absolute atomic E-state index is 5.60. The third-order valence-electron chi connectivity index (χ3n) is 1.99. The smallest absolute Gasteiger partial charge is 0.220 e. The molecule has 1 N–H and O–H groups in total. The minimum absolute atomic E-state index is 0.322. The van der Waals surface area contributed by atoms with Crippen molar-refractivity contribution < 1.29 is 9.47 Å². The average Bonchev–Trinajstić information content (AvgIpc) is 2.28. The molecule has 0 aliphatic heterocycles. The topological polar surface area (TPSA) is 56.3 Å². The highest BCUT2D eigenvalue weighted by Gasteiger charge is 2.17. The second-order valence-corrected chi connectivity index (χ2v) is 3.95. The lowest BCUT2D eigenvalue weighted by atomic mass is 10.1. The van der Waals surface area contributed by atoms with Gasteiger partial charge in [-0.3, -0.25) is 0 Å². The Morgan fingerprint density at radius 3 is 2.71 bits per heavy atom. The number of aromatic nitrogens is 2. The van der Waals surface area contributed by atoms with Gasteiger partial charge in [0.2, 0.25) is 5.88 Å². The van der Waals surface area contributed by atoms with E-state index in [1.54, 1.807) is 34.1 Å². The molecule has 1 heterocycles. The highest BCUT2D eigenvalue weighted by Crippen LogP contribution is 2.18. The van der Waals surface area contributed by atoms with Crippen LogP contribution in [0.2, 0.25) is 0 Å². The van der Waals surface area contributed by atoms with Gasteiger partial charge in [-0.15, -0.1) is 6.42 Å². The number of nitrogens with zero attached hydrogens (tertiary/aromatic N) is 2. The molecule has 1 aromatic heterocycles. The van der Waals surface area contributed by atoms with Crippen LogP contribution in [0.1, 0.15) is 19.7 Å². The SMILES string of the molecule is C#CC(C)(C)Oc1cc(NC)nc(COC)n1. The fraction of sp³-hybridized carbons (Fsp3) is 0.500. The zero-order valence-corrected chi connectivity index (χ0v) is 10.6. The Bertz CT molecular complexity index is 424. The lowest BCUT2D eigenvalue weighted by molar-refractivity contribution is 0.156. The molecule has 1 rings (SSSR count). The Kier molecular flexibility index (Phi) is 4.30. The van der Waals surface area contributed by atoms with Crippen molar-refractivity contribution in [2.75, 3.05) is 19.5 Å². The van der Waals surface area contributed by atoms with Crippen molar-refractivity contribution in [1.29, 1.82) is 0 Å². The van der Waals surface area contributed by atoms with E-state index in [2.05, 4.69) is 21.2 Å². The van der Waals surface area contributed by atoms with E-state index >= 15 is 0 Å². The Balaban J connectivity index is 2.99. The first-order valence-electron chi connectivity index (χ1n) is 5.22. The first-order valence-corrected chi connectivity index (χ1v) is 5.22. The van der Waals surface area contributed by atoms with Crippen LogP contribution in [0, 0.1) is 12.3 Å². The maximum Gasteiger partial charge on any atom is 0.220 e. The molecule has 0 saturated heterocycles. The molecule has 0 aliphatic rings. The quantitative estimate of drug-likeness (QED) is 0.783. The first kappa shape index (κ1) is 13.3. The monoisotopic (exact) mass is 235 g/mol. The van der Waals surface area contributed by atoms with Gasteiger partial charge < -0.3 is 14.8 Å². The van der Waals surface area contributed by atoms with E-state index in [1.807, 2.05) is 0 Å². The molecule has 0 radical (unpaired) electrons. The van der Waals surface area contributed by atoms with Crippen molar-refractivity contribution in [3.8, 4) is 18.2 Å². The zero-order valence-electron chi connectivity index (χ0n) is 10.6. The summed E-state index contributed by atoms with van der Waals surface area (Å²) in [4.78, 5) is 8.43. The fourth-order valence-electron chi connectivity index (χ4n) is 1.14. The predicted octanol–water partition coefficient (Wildman–Crippen LogP) is 1.46.